The van der Waals surface area contributed by atoms with Gasteiger partial charge in [-0.05, 0) is 25.7 Å². The number of amides is 1. The van der Waals surface area contributed by atoms with E-state index >= 15 is 0 Å². The van der Waals surface area contributed by atoms with E-state index in [4.69, 9.17) is 0 Å². The second-order valence-electron chi connectivity index (χ2n) is 3.68. The third-order valence-electron chi connectivity index (χ3n) is 2.45. The maximum atomic E-state index is 11.5. The highest BCUT2D eigenvalue weighted by atomic mass is 32.1. The number of piperidine rings is 1. The second-order valence-corrected chi connectivity index (χ2v) is 4.46. The third-order valence-corrected chi connectivity index (χ3v) is 2.67. The Morgan fingerprint density at radius 2 is 2.00 bits per heavy atom. The molecule has 0 N–H and O–H groups in total. The van der Waals surface area contributed by atoms with Crippen molar-refractivity contribution in [1.82, 2.24) is 4.90 Å². The molecular formula is C9H17NOS. The van der Waals surface area contributed by atoms with Gasteiger partial charge in [0.15, 0.2) is 0 Å². The van der Waals surface area contributed by atoms with Gasteiger partial charge in [0.2, 0.25) is 5.91 Å². The predicted octanol–water partition coefficient (Wildman–Crippen LogP) is 1.56. The standard InChI is InChI=1S/C9H17NOS/c1-7-3-5-10(6-4-7)9(11)8(2)12/h7-8,12H,3-6H2,1-2H3. The van der Waals surface area contributed by atoms with Crippen molar-refractivity contribution in [3.8, 4) is 0 Å². The summed E-state index contributed by atoms with van der Waals surface area (Å²) in [4.78, 5) is 13.4. The van der Waals surface area contributed by atoms with Crippen molar-refractivity contribution >= 4 is 18.5 Å². The van der Waals surface area contributed by atoms with E-state index in [1.54, 1.807) is 0 Å². The smallest absolute Gasteiger partial charge is 0.235 e. The van der Waals surface area contributed by atoms with Crippen molar-refractivity contribution in [2.45, 2.75) is 31.9 Å². The Bertz CT molecular complexity index is 162. The zero-order chi connectivity index (χ0) is 9.14. The quantitative estimate of drug-likeness (QED) is 0.618. The number of carbonyl (C=O) groups is 1. The van der Waals surface area contributed by atoms with E-state index in [2.05, 4.69) is 19.6 Å². The van der Waals surface area contributed by atoms with Crippen LogP contribution in [0.25, 0.3) is 0 Å². The molecule has 0 aliphatic carbocycles. The first-order valence-electron chi connectivity index (χ1n) is 4.58. The first kappa shape index (κ1) is 9.90. The molecule has 0 aromatic heterocycles. The topological polar surface area (TPSA) is 20.3 Å². The van der Waals surface area contributed by atoms with Gasteiger partial charge in [-0.15, -0.1) is 0 Å². The second kappa shape index (κ2) is 4.17. The van der Waals surface area contributed by atoms with Crippen LogP contribution in [0.2, 0.25) is 0 Å². The summed E-state index contributed by atoms with van der Waals surface area (Å²) in [5.41, 5.74) is 0. The van der Waals surface area contributed by atoms with E-state index in [1.807, 2.05) is 11.8 Å². The fraction of sp³-hybridized carbons (Fsp3) is 0.889. The van der Waals surface area contributed by atoms with Crippen LogP contribution in [0.5, 0.6) is 0 Å². The maximum absolute atomic E-state index is 11.5. The number of hydrogen-bond acceptors (Lipinski definition) is 2. The van der Waals surface area contributed by atoms with E-state index in [-0.39, 0.29) is 11.2 Å². The van der Waals surface area contributed by atoms with E-state index < -0.39 is 0 Å². The molecule has 1 aliphatic heterocycles. The first-order valence-corrected chi connectivity index (χ1v) is 5.09. The number of carbonyl (C=O) groups excluding carboxylic acids is 1. The molecule has 0 bridgehead atoms. The van der Waals surface area contributed by atoms with E-state index in [0.717, 1.165) is 31.8 Å². The van der Waals surface area contributed by atoms with Gasteiger partial charge in [-0.25, -0.2) is 0 Å². The average Bonchev–Trinajstić information content (AvgIpc) is 2.04. The first-order chi connectivity index (χ1) is 5.61. The van der Waals surface area contributed by atoms with Gasteiger partial charge in [0.05, 0.1) is 5.25 Å². The van der Waals surface area contributed by atoms with E-state index in [9.17, 15) is 4.79 Å². The molecule has 1 rings (SSSR count). The Labute approximate surface area is 79.7 Å². The van der Waals surface area contributed by atoms with Gasteiger partial charge < -0.3 is 4.90 Å². The van der Waals surface area contributed by atoms with Crippen LogP contribution in [-0.2, 0) is 4.79 Å². The summed E-state index contributed by atoms with van der Waals surface area (Å²) in [6.45, 7) is 5.92. The van der Waals surface area contributed by atoms with Crippen LogP contribution in [-0.4, -0.2) is 29.1 Å². The van der Waals surface area contributed by atoms with Crippen molar-refractivity contribution < 1.29 is 4.79 Å². The van der Waals surface area contributed by atoms with Crippen LogP contribution in [0.4, 0.5) is 0 Å². The Hall–Kier alpha value is -0.180. The van der Waals surface area contributed by atoms with Crippen LogP contribution in [0.15, 0.2) is 0 Å². The van der Waals surface area contributed by atoms with Crippen LogP contribution >= 0.6 is 12.6 Å². The molecule has 0 aromatic rings. The number of rotatable bonds is 1. The zero-order valence-electron chi connectivity index (χ0n) is 7.79. The van der Waals surface area contributed by atoms with Crippen molar-refractivity contribution in [3.63, 3.8) is 0 Å². The Balaban J connectivity index is 2.39. The monoisotopic (exact) mass is 187 g/mol. The molecule has 1 amide bonds. The molecule has 1 aliphatic rings. The van der Waals surface area contributed by atoms with E-state index in [0.29, 0.717) is 0 Å². The highest BCUT2D eigenvalue weighted by molar-refractivity contribution is 7.81. The molecule has 1 atom stereocenters. The van der Waals surface area contributed by atoms with Crippen molar-refractivity contribution in [3.05, 3.63) is 0 Å². The lowest BCUT2D eigenvalue weighted by Gasteiger charge is -2.31. The molecule has 1 heterocycles. The zero-order valence-corrected chi connectivity index (χ0v) is 8.68. The Kier molecular flexibility index (Phi) is 3.44. The van der Waals surface area contributed by atoms with Crippen molar-refractivity contribution in [2.24, 2.45) is 5.92 Å². The molecule has 0 saturated carbocycles. The van der Waals surface area contributed by atoms with Gasteiger partial charge in [-0.2, -0.15) is 12.6 Å². The number of thiol groups is 1. The molecule has 70 valence electrons. The minimum atomic E-state index is -0.140. The molecule has 1 fully saturated rings. The summed E-state index contributed by atoms with van der Waals surface area (Å²) in [7, 11) is 0. The third kappa shape index (κ3) is 2.41. The van der Waals surface area contributed by atoms with Crippen molar-refractivity contribution in [2.75, 3.05) is 13.1 Å². The van der Waals surface area contributed by atoms with Gasteiger partial charge >= 0.3 is 0 Å². The molecule has 12 heavy (non-hydrogen) atoms. The fourth-order valence-electron chi connectivity index (χ4n) is 1.49. The normalized spacial score (nSPS) is 22.4. The summed E-state index contributed by atoms with van der Waals surface area (Å²) in [6.07, 6.45) is 2.29. The number of nitrogens with zero attached hydrogens (tertiary/aromatic N) is 1. The lowest BCUT2D eigenvalue weighted by atomic mass is 9.99. The largest absolute Gasteiger partial charge is 0.342 e. The van der Waals surface area contributed by atoms with Gasteiger partial charge in [-0.3, -0.25) is 4.79 Å². The minimum absolute atomic E-state index is 0.140. The van der Waals surface area contributed by atoms with Crippen LogP contribution in [0, 0.1) is 5.92 Å². The highest BCUT2D eigenvalue weighted by Crippen LogP contribution is 2.17. The Morgan fingerprint density at radius 1 is 1.50 bits per heavy atom. The average molecular weight is 187 g/mol. The highest BCUT2D eigenvalue weighted by Gasteiger charge is 2.22. The van der Waals surface area contributed by atoms with Gasteiger partial charge in [0, 0.05) is 13.1 Å². The van der Waals surface area contributed by atoms with Crippen LogP contribution in [0.1, 0.15) is 26.7 Å². The lowest BCUT2D eigenvalue weighted by Crippen LogP contribution is -2.41. The van der Waals surface area contributed by atoms with E-state index in [1.165, 1.54) is 0 Å². The van der Waals surface area contributed by atoms with Gasteiger partial charge in [-0.1, -0.05) is 6.92 Å². The maximum Gasteiger partial charge on any atom is 0.235 e. The molecule has 0 spiro atoms. The molecule has 2 nitrogen and oxygen atoms in total. The van der Waals surface area contributed by atoms with Crippen molar-refractivity contribution in [1.29, 1.82) is 0 Å². The fourth-order valence-corrected chi connectivity index (χ4v) is 1.66. The van der Waals surface area contributed by atoms with Gasteiger partial charge in [0.25, 0.3) is 0 Å². The number of likely N-dealkylation sites (tertiary alicyclic amines) is 1. The summed E-state index contributed by atoms with van der Waals surface area (Å²) in [5.74, 6) is 0.967. The SMILES string of the molecule is CC1CCN(C(=O)C(C)S)CC1. The molecular weight excluding hydrogens is 170 g/mol. The molecule has 3 heteroatoms. The van der Waals surface area contributed by atoms with Crippen LogP contribution in [0.3, 0.4) is 0 Å². The van der Waals surface area contributed by atoms with Crippen LogP contribution < -0.4 is 0 Å². The van der Waals surface area contributed by atoms with Gasteiger partial charge in [0.1, 0.15) is 0 Å². The summed E-state index contributed by atoms with van der Waals surface area (Å²) in [5, 5.41) is -0.140. The molecule has 0 aromatic carbocycles. The predicted molar refractivity (Wildman–Crippen MR) is 53.4 cm³/mol. The summed E-state index contributed by atoms with van der Waals surface area (Å²) >= 11 is 4.13. The summed E-state index contributed by atoms with van der Waals surface area (Å²) < 4.78 is 0. The minimum Gasteiger partial charge on any atom is -0.342 e. The number of hydrogen-bond donors (Lipinski definition) is 1. The summed E-state index contributed by atoms with van der Waals surface area (Å²) in [6, 6.07) is 0. The molecule has 1 unspecified atom stereocenters. The molecule has 0 radical (unpaired) electrons. The lowest BCUT2D eigenvalue weighted by molar-refractivity contribution is -0.131. The Morgan fingerprint density at radius 3 is 2.42 bits per heavy atom. The molecule has 1 saturated heterocycles.